The quantitative estimate of drug-likeness (QED) is 0.759. The molecule has 1 rings (SSSR count). The van der Waals surface area contributed by atoms with Gasteiger partial charge < -0.3 is 5.73 Å². The number of ketones is 1. The summed E-state index contributed by atoms with van der Waals surface area (Å²) in [6, 6.07) is -0.444. The summed E-state index contributed by atoms with van der Waals surface area (Å²) < 4.78 is 0. The summed E-state index contributed by atoms with van der Waals surface area (Å²) in [6.45, 7) is 3.70. The van der Waals surface area contributed by atoms with Crippen molar-refractivity contribution >= 4 is 5.78 Å². The molecular weight excluding hydrogens is 178 g/mol. The summed E-state index contributed by atoms with van der Waals surface area (Å²) >= 11 is 0. The van der Waals surface area contributed by atoms with Crippen LogP contribution in [-0.4, -0.2) is 21.8 Å². The highest BCUT2D eigenvalue weighted by molar-refractivity contribution is 5.85. The number of hydrogen-bond donors (Lipinski definition) is 1. The van der Waals surface area contributed by atoms with E-state index in [1.54, 1.807) is 12.4 Å². The number of nitrogens with zero attached hydrogens (tertiary/aromatic N) is 2. The van der Waals surface area contributed by atoms with Crippen LogP contribution in [-0.2, 0) is 11.2 Å². The van der Waals surface area contributed by atoms with E-state index >= 15 is 0 Å². The first-order valence-corrected chi connectivity index (χ1v) is 4.64. The van der Waals surface area contributed by atoms with Gasteiger partial charge in [-0.2, -0.15) is 0 Å². The molecule has 0 unspecified atom stereocenters. The largest absolute Gasteiger partial charge is 0.321 e. The highest BCUT2D eigenvalue weighted by Gasteiger charge is 2.17. The van der Waals surface area contributed by atoms with Gasteiger partial charge in [-0.1, -0.05) is 13.8 Å². The van der Waals surface area contributed by atoms with Crippen molar-refractivity contribution in [3.05, 3.63) is 24.3 Å². The molecule has 0 amide bonds. The van der Waals surface area contributed by atoms with E-state index in [1.165, 1.54) is 6.33 Å². The Bertz CT molecular complexity index is 297. The fourth-order valence-electron chi connectivity index (χ4n) is 1.22. The Morgan fingerprint density at radius 1 is 1.43 bits per heavy atom. The molecule has 0 fully saturated rings. The molecule has 0 aliphatic carbocycles. The van der Waals surface area contributed by atoms with E-state index in [4.69, 9.17) is 5.73 Å². The SMILES string of the molecule is CC(C)C(=O)[C@@H](N)Cc1cncnc1. The van der Waals surface area contributed by atoms with Crippen LogP contribution >= 0.6 is 0 Å². The molecule has 76 valence electrons. The van der Waals surface area contributed by atoms with Crippen molar-refractivity contribution in [3.8, 4) is 0 Å². The third-order valence-corrected chi connectivity index (χ3v) is 2.00. The molecule has 0 spiro atoms. The predicted molar refractivity (Wildman–Crippen MR) is 53.6 cm³/mol. The molecular formula is C10H15N3O. The fourth-order valence-corrected chi connectivity index (χ4v) is 1.22. The molecule has 0 saturated heterocycles. The number of carbonyl (C=O) groups is 1. The first-order valence-electron chi connectivity index (χ1n) is 4.64. The molecule has 0 radical (unpaired) electrons. The first kappa shape index (κ1) is 10.8. The second-order valence-electron chi connectivity index (χ2n) is 3.61. The van der Waals surface area contributed by atoms with Crippen LogP contribution in [0, 0.1) is 5.92 Å². The van der Waals surface area contributed by atoms with Gasteiger partial charge in [0.1, 0.15) is 6.33 Å². The molecule has 4 nitrogen and oxygen atoms in total. The van der Waals surface area contributed by atoms with Gasteiger partial charge in [0.2, 0.25) is 0 Å². The Labute approximate surface area is 83.6 Å². The molecule has 1 aromatic rings. The molecule has 0 bridgehead atoms. The van der Waals surface area contributed by atoms with Gasteiger partial charge in [-0.05, 0) is 12.0 Å². The summed E-state index contributed by atoms with van der Waals surface area (Å²) in [5, 5.41) is 0. The van der Waals surface area contributed by atoms with E-state index in [-0.39, 0.29) is 11.7 Å². The van der Waals surface area contributed by atoms with Crippen molar-refractivity contribution in [1.82, 2.24) is 9.97 Å². The topological polar surface area (TPSA) is 68.9 Å². The zero-order valence-electron chi connectivity index (χ0n) is 8.47. The van der Waals surface area contributed by atoms with E-state index in [0.717, 1.165) is 5.56 Å². The van der Waals surface area contributed by atoms with Gasteiger partial charge in [0.25, 0.3) is 0 Å². The summed E-state index contributed by atoms with van der Waals surface area (Å²) in [5.74, 6) is 0.0588. The third kappa shape index (κ3) is 2.88. The highest BCUT2D eigenvalue weighted by atomic mass is 16.1. The molecule has 0 aliphatic rings. The van der Waals surface area contributed by atoms with Gasteiger partial charge in [-0.15, -0.1) is 0 Å². The summed E-state index contributed by atoms with van der Waals surface area (Å²) in [5.41, 5.74) is 6.64. The molecule has 1 atom stereocenters. The summed E-state index contributed by atoms with van der Waals surface area (Å²) in [7, 11) is 0. The Kier molecular flexibility index (Phi) is 3.71. The maximum atomic E-state index is 11.5. The number of aromatic nitrogens is 2. The Balaban J connectivity index is 2.57. The van der Waals surface area contributed by atoms with Crippen LogP contribution in [0.2, 0.25) is 0 Å². The maximum Gasteiger partial charge on any atom is 0.152 e. The maximum absolute atomic E-state index is 11.5. The minimum Gasteiger partial charge on any atom is -0.321 e. The van der Waals surface area contributed by atoms with Crippen LogP contribution < -0.4 is 5.73 Å². The molecule has 4 heteroatoms. The molecule has 0 aliphatic heterocycles. The van der Waals surface area contributed by atoms with Crippen LogP contribution in [0.15, 0.2) is 18.7 Å². The lowest BCUT2D eigenvalue weighted by atomic mass is 9.98. The lowest BCUT2D eigenvalue weighted by Crippen LogP contribution is -2.35. The molecule has 1 aromatic heterocycles. The van der Waals surface area contributed by atoms with E-state index in [2.05, 4.69) is 9.97 Å². The van der Waals surface area contributed by atoms with Crippen LogP contribution in [0.1, 0.15) is 19.4 Å². The van der Waals surface area contributed by atoms with E-state index in [0.29, 0.717) is 6.42 Å². The molecule has 14 heavy (non-hydrogen) atoms. The van der Waals surface area contributed by atoms with Gasteiger partial charge >= 0.3 is 0 Å². The van der Waals surface area contributed by atoms with Gasteiger partial charge in [0.15, 0.2) is 5.78 Å². The zero-order chi connectivity index (χ0) is 10.6. The minimum absolute atomic E-state index is 0.0189. The number of Topliss-reactive ketones (excluding diaryl/α,β-unsaturated/α-hetero) is 1. The number of hydrogen-bond acceptors (Lipinski definition) is 4. The van der Waals surface area contributed by atoms with Gasteiger partial charge in [0, 0.05) is 18.3 Å². The third-order valence-electron chi connectivity index (χ3n) is 2.00. The van der Waals surface area contributed by atoms with Crippen molar-refractivity contribution in [1.29, 1.82) is 0 Å². The van der Waals surface area contributed by atoms with E-state index in [1.807, 2.05) is 13.8 Å². The number of nitrogens with two attached hydrogens (primary N) is 1. The summed E-state index contributed by atoms with van der Waals surface area (Å²) in [6.07, 6.45) is 5.33. The van der Waals surface area contributed by atoms with Crippen LogP contribution in [0.3, 0.4) is 0 Å². The molecule has 2 N–H and O–H groups in total. The minimum atomic E-state index is -0.444. The number of rotatable bonds is 4. The van der Waals surface area contributed by atoms with Crippen molar-refractivity contribution in [2.45, 2.75) is 26.3 Å². The average Bonchev–Trinajstić information content (AvgIpc) is 2.18. The second-order valence-corrected chi connectivity index (χ2v) is 3.61. The van der Waals surface area contributed by atoms with Crippen LogP contribution in [0.4, 0.5) is 0 Å². The monoisotopic (exact) mass is 193 g/mol. The number of carbonyl (C=O) groups excluding carboxylic acids is 1. The lowest BCUT2D eigenvalue weighted by Gasteiger charge is -2.12. The van der Waals surface area contributed by atoms with Crippen molar-refractivity contribution in [2.75, 3.05) is 0 Å². The normalized spacial score (nSPS) is 12.9. The average molecular weight is 193 g/mol. The van der Waals surface area contributed by atoms with E-state index < -0.39 is 6.04 Å². The van der Waals surface area contributed by atoms with Gasteiger partial charge in [-0.25, -0.2) is 9.97 Å². The second kappa shape index (κ2) is 4.81. The molecule has 0 saturated carbocycles. The standard InChI is InChI=1S/C10H15N3O/c1-7(2)10(14)9(11)3-8-4-12-6-13-5-8/h4-7,9H,3,11H2,1-2H3/t9-/m0/s1. The van der Waals surface area contributed by atoms with Crippen molar-refractivity contribution in [2.24, 2.45) is 11.7 Å². The van der Waals surface area contributed by atoms with E-state index in [9.17, 15) is 4.79 Å². The predicted octanol–water partition coefficient (Wildman–Crippen LogP) is 0.571. The van der Waals surface area contributed by atoms with Crippen molar-refractivity contribution < 1.29 is 4.79 Å². The fraction of sp³-hybridized carbons (Fsp3) is 0.500. The molecule has 0 aromatic carbocycles. The first-order chi connectivity index (χ1) is 6.61. The van der Waals surface area contributed by atoms with Crippen LogP contribution in [0.5, 0.6) is 0 Å². The zero-order valence-corrected chi connectivity index (χ0v) is 8.47. The highest BCUT2D eigenvalue weighted by Crippen LogP contribution is 2.04. The van der Waals surface area contributed by atoms with Crippen LogP contribution in [0.25, 0.3) is 0 Å². The Morgan fingerprint density at radius 3 is 2.50 bits per heavy atom. The van der Waals surface area contributed by atoms with Crippen molar-refractivity contribution in [3.63, 3.8) is 0 Å². The van der Waals surface area contributed by atoms with Gasteiger partial charge in [-0.3, -0.25) is 4.79 Å². The summed E-state index contributed by atoms with van der Waals surface area (Å²) in [4.78, 5) is 19.2. The molecule has 1 heterocycles. The lowest BCUT2D eigenvalue weighted by molar-refractivity contribution is -0.123. The van der Waals surface area contributed by atoms with Gasteiger partial charge in [0.05, 0.1) is 6.04 Å². The Morgan fingerprint density at radius 2 is 2.00 bits per heavy atom. The smallest absolute Gasteiger partial charge is 0.152 e. The Hall–Kier alpha value is -1.29.